The molecule has 2 N–H and O–H groups in total. The molecule has 1 saturated carbocycles. The molecular weight excluding hydrogens is 299 g/mol. The second kappa shape index (κ2) is 7.27. The van der Waals surface area contributed by atoms with Gasteiger partial charge in [-0.15, -0.1) is 0 Å². The molecule has 1 rings (SSSR count). The van der Waals surface area contributed by atoms with E-state index in [4.69, 9.17) is 0 Å². The summed E-state index contributed by atoms with van der Waals surface area (Å²) in [5.74, 6) is 0.964. The molecule has 2 unspecified atom stereocenters. The van der Waals surface area contributed by atoms with Crippen LogP contribution in [0, 0.1) is 5.92 Å². The molecule has 1 aliphatic carbocycles. The van der Waals surface area contributed by atoms with Gasteiger partial charge < -0.3 is 0 Å². The molecule has 0 radical (unpaired) electrons. The van der Waals surface area contributed by atoms with Crippen molar-refractivity contribution >= 4 is 21.4 Å². The molecule has 0 aliphatic heterocycles. The fourth-order valence-electron chi connectivity index (χ4n) is 4.07. The third-order valence-electron chi connectivity index (χ3n) is 4.76. The van der Waals surface area contributed by atoms with Crippen LogP contribution in [0.25, 0.3) is 0 Å². The first kappa shape index (κ1) is 14.8. The Labute approximate surface area is 109 Å². The molecule has 2 atom stereocenters. The van der Waals surface area contributed by atoms with Crippen molar-refractivity contribution in [3.8, 4) is 0 Å². The zero-order chi connectivity index (χ0) is 12.0. The summed E-state index contributed by atoms with van der Waals surface area (Å²) in [7, 11) is 4.26. The zero-order valence-electron chi connectivity index (χ0n) is 11.6. The number of rotatable bonds is 7. The van der Waals surface area contributed by atoms with Crippen molar-refractivity contribution in [3.05, 3.63) is 0 Å². The summed E-state index contributed by atoms with van der Waals surface area (Å²) < 4.78 is 3.85. The molecule has 2 nitrogen and oxygen atoms in total. The van der Waals surface area contributed by atoms with Gasteiger partial charge in [-0.1, -0.05) is 0 Å². The average Bonchev–Trinajstić information content (AvgIpc) is 2.66. The molecule has 0 aromatic rings. The normalized spacial score (nSPS) is 29.6. The quantitative estimate of drug-likeness (QED) is 0.750. The van der Waals surface area contributed by atoms with E-state index in [2.05, 4.69) is 38.6 Å². The van der Waals surface area contributed by atoms with Gasteiger partial charge in [0.05, 0.1) is 0 Å². The van der Waals surface area contributed by atoms with Crippen molar-refractivity contribution in [2.75, 3.05) is 27.2 Å². The average molecular weight is 328 g/mol. The Morgan fingerprint density at radius 1 is 1.19 bits per heavy atom. The van der Waals surface area contributed by atoms with Gasteiger partial charge in [-0.05, 0) is 0 Å². The summed E-state index contributed by atoms with van der Waals surface area (Å²) in [6.45, 7) is 7.45. The van der Waals surface area contributed by atoms with Crippen molar-refractivity contribution in [2.45, 2.75) is 44.6 Å². The zero-order valence-corrected chi connectivity index (χ0v) is 14.9. The van der Waals surface area contributed by atoms with Gasteiger partial charge in [0, 0.05) is 0 Å². The standard InChI is InChI=1S/C9H19N2.2C2H5.In/c1-10-6-8-4-3-5-9(8)7-11-2;2*1-2;/h8,10-11H,3-7H2,1-2H3;2*1H2,2H3;. The Kier molecular flexibility index (Phi) is 6.75. The van der Waals surface area contributed by atoms with Crippen molar-refractivity contribution in [2.24, 2.45) is 5.92 Å². The van der Waals surface area contributed by atoms with Crippen molar-refractivity contribution in [1.29, 1.82) is 0 Å². The molecule has 16 heavy (non-hydrogen) atoms. The number of hydrogen-bond donors (Lipinski definition) is 2. The molecule has 3 heteroatoms. The third-order valence-corrected chi connectivity index (χ3v) is 17.8. The monoisotopic (exact) mass is 328 g/mol. The maximum absolute atomic E-state index is 3.51. The Balaban J connectivity index is 2.83. The molecule has 0 saturated heterocycles. The minimum absolute atomic E-state index is 0.767. The summed E-state index contributed by atoms with van der Waals surface area (Å²) in [6, 6.07) is 0. The Hall–Kier alpha value is 0.790. The van der Waals surface area contributed by atoms with E-state index < -0.39 is 21.4 Å². The molecule has 0 aromatic carbocycles. The van der Waals surface area contributed by atoms with Crippen LogP contribution in [0.4, 0.5) is 0 Å². The Morgan fingerprint density at radius 3 is 2.38 bits per heavy atom. The van der Waals surface area contributed by atoms with E-state index in [9.17, 15) is 0 Å². The van der Waals surface area contributed by atoms with Gasteiger partial charge in [0.2, 0.25) is 0 Å². The van der Waals surface area contributed by atoms with Crippen LogP contribution in [0.15, 0.2) is 0 Å². The van der Waals surface area contributed by atoms with Crippen LogP contribution in [0.2, 0.25) is 11.5 Å². The van der Waals surface area contributed by atoms with Crippen LogP contribution in [0.3, 0.4) is 0 Å². The molecule has 94 valence electrons. The van der Waals surface area contributed by atoms with E-state index in [0.717, 1.165) is 9.09 Å². The predicted molar refractivity (Wildman–Crippen MR) is 74.6 cm³/mol. The van der Waals surface area contributed by atoms with E-state index in [1.54, 1.807) is 8.35 Å². The minimum atomic E-state index is -1.35. The van der Waals surface area contributed by atoms with Crippen LogP contribution in [-0.2, 0) is 0 Å². The van der Waals surface area contributed by atoms with Crippen molar-refractivity contribution < 1.29 is 0 Å². The molecule has 0 aromatic heterocycles. The van der Waals surface area contributed by atoms with Gasteiger partial charge in [0.15, 0.2) is 0 Å². The molecule has 0 amide bonds. The van der Waals surface area contributed by atoms with Crippen LogP contribution in [-0.4, -0.2) is 48.6 Å². The summed E-state index contributed by atoms with van der Waals surface area (Å²) in [4.78, 5) is 0. The molecule has 0 spiro atoms. The fourth-order valence-corrected chi connectivity index (χ4v) is 16.2. The maximum atomic E-state index is 3.51. The van der Waals surface area contributed by atoms with Crippen LogP contribution in [0.1, 0.15) is 33.1 Å². The molecule has 1 fully saturated rings. The number of hydrogen-bond acceptors (Lipinski definition) is 2. The van der Waals surface area contributed by atoms with Crippen LogP contribution >= 0.6 is 0 Å². The second-order valence-electron chi connectivity index (χ2n) is 5.42. The first-order valence-electron chi connectivity index (χ1n) is 7.04. The predicted octanol–water partition coefficient (Wildman–Crippen LogP) is 2.50. The fraction of sp³-hybridized carbons (Fsp3) is 1.00. The molecule has 0 heterocycles. The van der Waals surface area contributed by atoms with E-state index in [1.165, 1.54) is 32.4 Å². The third kappa shape index (κ3) is 2.97. The van der Waals surface area contributed by atoms with Crippen molar-refractivity contribution in [1.82, 2.24) is 10.6 Å². The van der Waals surface area contributed by atoms with E-state index in [1.807, 2.05) is 0 Å². The Morgan fingerprint density at radius 2 is 1.88 bits per heavy atom. The molecule has 1 aliphatic rings. The van der Waals surface area contributed by atoms with Gasteiger partial charge in [-0.3, -0.25) is 0 Å². The summed E-state index contributed by atoms with van der Waals surface area (Å²) in [5, 5.41) is 6.94. The topological polar surface area (TPSA) is 24.1 Å². The van der Waals surface area contributed by atoms with E-state index >= 15 is 0 Å². The first-order chi connectivity index (χ1) is 7.75. The van der Waals surface area contributed by atoms with Crippen molar-refractivity contribution in [3.63, 3.8) is 0 Å². The van der Waals surface area contributed by atoms with Gasteiger partial charge in [0.25, 0.3) is 0 Å². The van der Waals surface area contributed by atoms with E-state index in [0.29, 0.717) is 0 Å². The summed E-state index contributed by atoms with van der Waals surface area (Å²) >= 11 is -1.35. The molecular formula is C13H29InN2. The summed E-state index contributed by atoms with van der Waals surface area (Å²) in [5.41, 5.74) is 0. The van der Waals surface area contributed by atoms with Crippen LogP contribution in [0.5, 0.6) is 0 Å². The van der Waals surface area contributed by atoms with Gasteiger partial charge in [-0.2, -0.15) is 0 Å². The summed E-state index contributed by atoms with van der Waals surface area (Å²) in [6.07, 6.45) is 4.46. The van der Waals surface area contributed by atoms with E-state index in [-0.39, 0.29) is 0 Å². The second-order valence-corrected chi connectivity index (χ2v) is 17.3. The first-order valence-corrected chi connectivity index (χ1v) is 13.3. The van der Waals surface area contributed by atoms with Gasteiger partial charge >= 0.3 is 110 Å². The molecule has 0 bridgehead atoms. The van der Waals surface area contributed by atoms with Crippen LogP contribution < -0.4 is 10.6 Å². The number of nitrogens with one attached hydrogen (secondary N) is 2. The SMILES string of the molecule is C[CH2][In]([CH2]C)[C]1(CNC)CCCC1CNC. The Bertz CT molecular complexity index is 194. The van der Waals surface area contributed by atoms with Gasteiger partial charge in [-0.25, -0.2) is 0 Å². The van der Waals surface area contributed by atoms with Gasteiger partial charge in [0.1, 0.15) is 0 Å².